The standard InChI is InChI=1S/C29H33NO7/c1-29(2,3)37-28(33)30-17-18-5-7-20(8-6-18)27(32)35-22-13-14-23-24(16-26(31)36-25(23)15-22)19-9-11-21(34-4)12-10-19/h9-16,18,20H,5-8,17H2,1-4H3,(H,30,33). The lowest BCUT2D eigenvalue weighted by molar-refractivity contribution is -0.140. The molecule has 8 nitrogen and oxygen atoms in total. The van der Waals surface area contributed by atoms with E-state index in [-0.39, 0.29) is 11.9 Å². The van der Waals surface area contributed by atoms with Gasteiger partial charge in [0.05, 0.1) is 13.0 Å². The third-order valence-corrected chi connectivity index (χ3v) is 6.45. The highest BCUT2D eigenvalue weighted by molar-refractivity contribution is 5.94. The number of amides is 1. The molecule has 0 saturated heterocycles. The number of fused-ring (bicyclic) bond motifs is 1. The zero-order valence-electron chi connectivity index (χ0n) is 21.7. The zero-order valence-corrected chi connectivity index (χ0v) is 21.7. The molecule has 37 heavy (non-hydrogen) atoms. The predicted molar refractivity (Wildman–Crippen MR) is 140 cm³/mol. The minimum atomic E-state index is -0.534. The van der Waals surface area contributed by atoms with Crippen LogP contribution in [0.3, 0.4) is 0 Å². The first-order valence-electron chi connectivity index (χ1n) is 12.5. The topological polar surface area (TPSA) is 104 Å². The number of hydrogen-bond acceptors (Lipinski definition) is 7. The van der Waals surface area contributed by atoms with Crippen molar-refractivity contribution in [3.05, 3.63) is 59.0 Å². The third-order valence-electron chi connectivity index (χ3n) is 6.45. The van der Waals surface area contributed by atoms with E-state index in [1.165, 1.54) is 6.07 Å². The molecule has 0 unspecified atom stereocenters. The molecule has 4 rings (SSSR count). The molecular formula is C29H33NO7. The van der Waals surface area contributed by atoms with Gasteiger partial charge in [0.15, 0.2) is 0 Å². The number of benzene rings is 2. The summed E-state index contributed by atoms with van der Waals surface area (Å²) in [5.74, 6) is 0.834. The second-order valence-corrected chi connectivity index (χ2v) is 10.4. The summed E-state index contributed by atoms with van der Waals surface area (Å²) >= 11 is 0. The number of hydrogen-bond donors (Lipinski definition) is 1. The highest BCUT2D eigenvalue weighted by atomic mass is 16.6. The Labute approximate surface area is 215 Å². The number of nitrogens with one attached hydrogen (secondary N) is 1. The molecule has 196 valence electrons. The second kappa shape index (κ2) is 11.1. The Morgan fingerprint density at radius 2 is 1.65 bits per heavy atom. The van der Waals surface area contributed by atoms with Gasteiger partial charge in [-0.15, -0.1) is 0 Å². The third kappa shape index (κ3) is 6.90. The normalized spacial score (nSPS) is 17.7. The van der Waals surface area contributed by atoms with Crippen molar-refractivity contribution in [2.45, 2.75) is 52.1 Å². The monoisotopic (exact) mass is 507 g/mol. The van der Waals surface area contributed by atoms with Crippen LogP contribution < -0.4 is 20.4 Å². The molecule has 1 aliphatic rings. The zero-order chi connectivity index (χ0) is 26.6. The molecule has 0 bridgehead atoms. The van der Waals surface area contributed by atoms with Crippen LogP contribution in [0.1, 0.15) is 46.5 Å². The largest absolute Gasteiger partial charge is 0.497 e. The average molecular weight is 508 g/mol. The number of esters is 1. The molecule has 1 saturated carbocycles. The number of carbonyl (C=O) groups excluding carboxylic acids is 2. The fourth-order valence-corrected chi connectivity index (χ4v) is 4.56. The maximum Gasteiger partial charge on any atom is 0.407 e. The molecule has 1 fully saturated rings. The Balaban J connectivity index is 1.37. The van der Waals surface area contributed by atoms with Gasteiger partial charge in [-0.2, -0.15) is 0 Å². The molecule has 3 aromatic rings. The van der Waals surface area contributed by atoms with Gasteiger partial charge in [-0.3, -0.25) is 4.79 Å². The highest BCUT2D eigenvalue weighted by Gasteiger charge is 2.28. The summed E-state index contributed by atoms with van der Waals surface area (Å²) in [5.41, 5.74) is 0.903. The minimum Gasteiger partial charge on any atom is -0.497 e. The van der Waals surface area contributed by atoms with Crippen LogP contribution in [0, 0.1) is 11.8 Å². The fraction of sp³-hybridized carbons (Fsp3) is 0.414. The molecule has 1 N–H and O–H groups in total. The van der Waals surface area contributed by atoms with Gasteiger partial charge in [0.1, 0.15) is 22.7 Å². The molecule has 0 spiro atoms. The van der Waals surface area contributed by atoms with Crippen molar-refractivity contribution in [1.82, 2.24) is 5.32 Å². The predicted octanol–water partition coefficient (Wildman–Crippen LogP) is 5.71. The number of alkyl carbamates (subject to hydrolysis) is 1. The Morgan fingerprint density at radius 1 is 0.973 bits per heavy atom. The lowest BCUT2D eigenvalue weighted by Gasteiger charge is -2.28. The van der Waals surface area contributed by atoms with Crippen LogP contribution in [-0.2, 0) is 9.53 Å². The van der Waals surface area contributed by atoms with Crippen molar-refractivity contribution in [3.63, 3.8) is 0 Å². The van der Waals surface area contributed by atoms with Crippen LogP contribution in [-0.4, -0.2) is 31.3 Å². The van der Waals surface area contributed by atoms with Crippen molar-refractivity contribution >= 4 is 23.0 Å². The summed E-state index contributed by atoms with van der Waals surface area (Å²) in [5, 5.41) is 3.56. The van der Waals surface area contributed by atoms with Crippen molar-refractivity contribution in [2.24, 2.45) is 11.8 Å². The molecule has 2 aromatic carbocycles. The Kier molecular flexibility index (Phi) is 7.86. The molecule has 8 heteroatoms. The molecule has 1 aromatic heterocycles. The van der Waals surface area contributed by atoms with E-state index in [2.05, 4.69) is 5.32 Å². The smallest absolute Gasteiger partial charge is 0.407 e. The van der Waals surface area contributed by atoms with E-state index in [4.69, 9.17) is 18.6 Å². The summed E-state index contributed by atoms with van der Waals surface area (Å²) in [6, 6.07) is 13.9. The maximum atomic E-state index is 12.8. The SMILES string of the molecule is COc1ccc(-c2cc(=O)oc3cc(OC(=O)C4CCC(CNC(=O)OC(C)(C)C)CC4)ccc23)cc1. The van der Waals surface area contributed by atoms with E-state index in [1.807, 2.05) is 45.0 Å². The second-order valence-electron chi connectivity index (χ2n) is 10.4. The first kappa shape index (κ1) is 26.3. The van der Waals surface area contributed by atoms with E-state index < -0.39 is 17.3 Å². The average Bonchev–Trinajstić information content (AvgIpc) is 2.86. The minimum absolute atomic E-state index is 0.217. The molecule has 1 aliphatic carbocycles. The summed E-state index contributed by atoms with van der Waals surface area (Å²) in [6.07, 6.45) is 2.57. The van der Waals surface area contributed by atoms with Gasteiger partial charge in [0.2, 0.25) is 0 Å². The van der Waals surface area contributed by atoms with E-state index in [1.54, 1.807) is 25.3 Å². The van der Waals surface area contributed by atoms with Gasteiger partial charge in [0.25, 0.3) is 0 Å². The van der Waals surface area contributed by atoms with Gasteiger partial charge < -0.3 is 23.9 Å². The molecule has 1 amide bonds. The number of methoxy groups -OCH3 is 1. The first-order chi connectivity index (χ1) is 17.6. The van der Waals surface area contributed by atoms with Crippen LogP contribution in [0.2, 0.25) is 0 Å². The van der Waals surface area contributed by atoms with Crippen LogP contribution >= 0.6 is 0 Å². The molecule has 0 atom stereocenters. The van der Waals surface area contributed by atoms with Crippen LogP contribution in [0.25, 0.3) is 22.1 Å². The van der Waals surface area contributed by atoms with Crippen molar-refractivity contribution < 1.29 is 28.2 Å². The molecule has 0 aliphatic heterocycles. The molecule has 0 radical (unpaired) electrons. The number of rotatable bonds is 6. The maximum absolute atomic E-state index is 12.8. The summed E-state index contributed by atoms with van der Waals surface area (Å²) in [4.78, 5) is 37.0. The lowest BCUT2D eigenvalue weighted by atomic mass is 9.82. The highest BCUT2D eigenvalue weighted by Crippen LogP contribution is 2.33. The Bertz CT molecular complexity index is 1310. The van der Waals surface area contributed by atoms with Gasteiger partial charge in [-0.05, 0) is 87.8 Å². The van der Waals surface area contributed by atoms with Crippen molar-refractivity contribution in [2.75, 3.05) is 13.7 Å². The summed E-state index contributed by atoms with van der Waals surface area (Å²) in [7, 11) is 1.60. The lowest BCUT2D eigenvalue weighted by Crippen LogP contribution is -2.36. The summed E-state index contributed by atoms with van der Waals surface area (Å²) in [6.45, 7) is 6.00. The quantitative estimate of drug-likeness (QED) is 0.259. The van der Waals surface area contributed by atoms with E-state index >= 15 is 0 Å². The van der Waals surface area contributed by atoms with Crippen LogP contribution in [0.4, 0.5) is 4.79 Å². The van der Waals surface area contributed by atoms with Gasteiger partial charge in [-0.1, -0.05) is 12.1 Å². The van der Waals surface area contributed by atoms with E-state index in [9.17, 15) is 14.4 Å². The van der Waals surface area contributed by atoms with Gasteiger partial charge in [-0.25, -0.2) is 9.59 Å². The van der Waals surface area contributed by atoms with Crippen LogP contribution in [0.5, 0.6) is 11.5 Å². The Morgan fingerprint density at radius 3 is 2.30 bits per heavy atom. The van der Waals surface area contributed by atoms with Gasteiger partial charge in [0, 0.05) is 24.1 Å². The molecule has 1 heterocycles. The van der Waals surface area contributed by atoms with Crippen molar-refractivity contribution in [3.8, 4) is 22.6 Å². The number of carbonyl (C=O) groups is 2. The number of ether oxygens (including phenoxy) is 3. The van der Waals surface area contributed by atoms with Gasteiger partial charge >= 0.3 is 17.7 Å². The Hall–Kier alpha value is -3.81. The first-order valence-corrected chi connectivity index (χ1v) is 12.5. The fourth-order valence-electron chi connectivity index (χ4n) is 4.56. The molecular weight excluding hydrogens is 474 g/mol. The van der Waals surface area contributed by atoms with Crippen LogP contribution in [0.15, 0.2) is 57.7 Å². The van der Waals surface area contributed by atoms with E-state index in [0.717, 1.165) is 35.1 Å². The van der Waals surface area contributed by atoms with Crippen molar-refractivity contribution in [1.29, 1.82) is 0 Å². The summed E-state index contributed by atoms with van der Waals surface area (Å²) < 4.78 is 21.6. The van der Waals surface area contributed by atoms with E-state index in [0.29, 0.717) is 36.6 Å².